The Bertz CT molecular complexity index is 1390. The Morgan fingerprint density at radius 1 is 1.14 bits per heavy atom. The number of nitrogens with zero attached hydrogens (tertiary/aromatic N) is 2. The van der Waals surface area contributed by atoms with Gasteiger partial charge in [0.2, 0.25) is 0 Å². The summed E-state index contributed by atoms with van der Waals surface area (Å²) in [6, 6.07) is 17.3. The average Bonchev–Trinajstić information content (AvgIpc) is 3.12. The van der Waals surface area contributed by atoms with Gasteiger partial charge in [-0.3, -0.25) is 9.69 Å². The van der Waals surface area contributed by atoms with E-state index in [2.05, 4.69) is 20.9 Å². The zero-order chi connectivity index (χ0) is 26.5. The molecule has 0 saturated carbocycles. The van der Waals surface area contributed by atoms with Crippen LogP contribution in [0.1, 0.15) is 28.4 Å². The van der Waals surface area contributed by atoms with Gasteiger partial charge in [-0.05, 0) is 100 Å². The van der Waals surface area contributed by atoms with Gasteiger partial charge in [-0.25, -0.2) is 9.79 Å². The Morgan fingerprint density at radius 3 is 2.49 bits per heavy atom. The molecule has 1 aliphatic rings. The molecule has 0 unspecified atom stereocenters. The summed E-state index contributed by atoms with van der Waals surface area (Å²) in [7, 11) is 1.65. The van der Waals surface area contributed by atoms with Crippen molar-refractivity contribution in [1.29, 1.82) is 0 Å². The largest absolute Gasteiger partial charge is 0.490 e. The summed E-state index contributed by atoms with van der Waals surface area (Å²) in [4.78, 5) is 30.4. The molecule has 3 aromatic carbocycles. The van der Waals surface area contributed by atoms with Crippen molar-refractivity contribution < 1.29 is 24.2 Å². The van der Waals surface area contributed by atoms with Crippen LogP contribution in [0.2, 0.25) is 5.02 Å². The molecule has 37 heavy (non-hydrogen) atoms. The van der Waals surface area contributed by atoms with E-state index in [1.54, 1.807) is 25.3 Å². The third-order valence-electron chi connectivity index (χ3n) is 5.27. The smallest absolute Gasteiger partial charge is 0.335 e. The first-order chi connectivity index (χ1) is 17.7. The molecule has 7 nitrogen and oxygen atoms in total. The van der Waals surface area contributed by atoms with Crippen LogP contribution in [0, 0.1) is 0 Å². The van der Waals surface area contributed by atoms with Crippen LogP contribution in [0.25, 0.3) is 6.08 Å². The van der Waals surface area contributed by atoms with Crippen LogP contribution in [0.5, 0.6) is 11.5 Å². The third-order valence-corrected chi connectivity index (χ3v) is 7.17. The van der Waals surface area contributed by atoms with Gasteiger partial charge in [0.1, 0.15) is 6.61 Å². The van der Waals surface area contributed by atoms with E-state index in [4.69, 9.17) is 26.2 Å². The normalized spacial score (nSPS) is 15.5. The number of rotatable bonds is 8. The second-order valence-electron chi connectivity index (χ2n) is 7.90. The van der Waals surface area contributed by atoms with Crippen molar-refractivity contribution in [2.75, 3.05) is 13.7 Å². The molecule has 0 aromatic heterocycles. The second kappa shape index (κ2) is 11.9. The molecule has 1 saturated heterocycles. The van der Waals surface area contributed by atoms with Gasteiger partial charge in [-0.15, -0.1) is 0 Å². The fourth-order valence-corrected chi connectivity index (χ4v) is 5.09. The van der Waals surface area contributed by atoms with Crippen LogP contribution >= 0.6 is 39.3 Å². The number of thioether (sulfide) groups is 1. The lowest BCUT2D eigenvalue weighted by Gasteiger charge is -2.15. The molecule has 3 aromatic rings. The number of carboxylic acid groups (broad SMARTS) is 1. The Labute approximate surface area is 231 Å². The van der Waals surface area contributed by atoms with Crippen molar-refractivity contribution in [1.82, 2.24) is 4.90 Å². The highest BCUT2D eigenvalue weighted by molar-refractivity contribution is 9.10. The summed E-state index contributed by atoms with van der Waals surface area (Å²) in [6.07, 6.45) is 1.77. The summed E-state index contributed by atoms with van der Waals surface area (Å²) in [5.74, 6) is -0.0866. The molecule has 1 N–H and O–H groups in total. The summed E-state index contributed by atoms with van der Waals surface area (Å²) >= 11 is 10.8. The highest BCUT2D eigenvalue weighted by Crippen LogP contribution is 2.40. The maximum atomic E-state index is 12.9. The number of halogens is 2. The maximum Gasteiger partial charge on any atom is 0.335 e. The molecule has 0 atom stereocenters. The molecule has 0 bridgehead atoms. The lowest BCUT2D eigenvalue weighted by Crippen LogP contribution is -2.23. The second-order valence-corrected chi connectivity index (χ2v) is 10.2. The van der Waals surface area contributed by atoms with E-state index in [0.717, 1.165) is 11.1 Å². The topological polar surface area (TPSA) is 88.4 Å². The highest BCUT2D eigenvalue weighted by atomic mass is 79.9. The van der Waals surface area contributed by atoms with Gasteiger partial charge < -0.3 is 14.6 Å². The van der Waals surface area contributed by atoms with E-state index in [9.17, 15) is 9.59 Å². The molecule has 1 fully saturated rings. The number of carbonyl (C=O) groups excluding carboxylic acids is 1. The Hall–Kier alpha value is -3.27. The van der Waals surface area contributed by atoms with E-state index in [-0.39, 0.29) is 11.5 Å². The van der Waals surface area contributed by atoms with Crippen LogP contribution in [0.15, 0.2) is 75.0 Å². The highest BCUT2D eigenvalue weighted by Gasteiger charge is 2.30. The van der Waals surface area contributed by atoms with Crippen molar-refractivity contribution in [2.24, 2.45) is 4.99 Å². The molecule has 10 heteroatoms. The first-order valence-electron chi connectivity index (χ1n) is 11.2. The zero-order valence-electron chi connectivity index (χ0n) is 19.9. The van der Waals surface area contributed by atoms with Crippen molar-refractivity contribution >= 4 is 68.1 Å². The zero-order valence-corrected chi connectivity index (χ0v) is 23.1. The molecule has 1 amide bonds. The van der Waals surface area contributed by atoms with E-state index >= 15 is 0 Å². The number of likely N-dealkylation sites (N-methyl/N-ethyl adjacent to an activating group) is 1. The number of carboxylic acids is 1. The van der Waals surface area contributed by atoms with Gasteiger partial charge in [0.25, 0.3) is 5.91 Å². The lowest BCUT2D eigenvalue weighted by atomic mass is 10.1. The van der Waals surface area contributed by atoms with Gasteiger partial charge in [0.15, 0.2) is 16.7 Å². The van der Waals surface area contributed by atoms with Crippen molar-refractivity contribution in [3.8, 4) is 11.5 Å². The predicted molar refractivity (Wildman–Crippen MR) is 150 cm³/mol. The van der Waals surface area contributed by atoms with Gasteiger partial charge >= 0.3 is 5.97 Å². The Morgan fingerprint density at radius 2 is 1.84 bits per heavy atom. The number of ether oxygens (including phenoxy) is 2. The standard InChI is InChI=1S/C27H22BrClN2O5S/c1-3-35-22-13-17(12-21(28)24(22)36-15-16-4-8-19(29)9-5-16)14-23-25(32)31(2)27(37-23)30-20-10-6-18(7-11-20)26(33)34/h4-14H,3,15H2,1-2H3,(H,33,34)/b23-14-,30-27?. The van der Waals surface area contributed by atoms with Crippen LogP contribution < -0.4 is 9.47 Å². The minimum absolute atomic E-state index is 0.171. The SMILES string of the molecule is CCOc1cc(/C=C2\SC(=Nc3ccc(C(=O)O)cc3)N(C)C2=O)cc(Br)c1OCc1ccc(Cl)cc1. The summed E-state index contributed by atoms with van der Waals surface area (Å²) in [6.45, 7) is 2.67. The van der Waals surface area contributed by atoms with Crippen molar-refractivity contribution in [2.45, 2.75) is 13.5 Å². The van der Waals surface area contributed by atoms with E-state index in [1.807, 2.05) is 43.3 Å². The molecule has 190 valence electrons. The fraction of sp³-hybridized carbons (Fsp3) is 0.148. The van der Waals surface area contributed by atoms with E-state index < -0.39 is 5.97 Å². The molecule has 0 radical (unpaired) electrons. The number of carbonyl (C=O) groups is 2. The molecule has 0 aliphatic carbocycles. The van der Waals surface area contributed by atoms with Gasteiger partial charge in [-0.2, -0.15) is 0 Å². The maximum absolute atomic E-state index is 12.9. The predicted octanol–water partition coefficient (Wildman–Crippen LogP) is 7.01. The summed E-state index contributed by atoms with van der Waals surface area (Å²) < 4.78 is 12.6. The quantitative estimate of drug-likeness (QED) is 0.279. The molecule has 1 aliphatic heterocycles. The number of hydrogen-bond acceptors (Lipinski definition) is 6. The number of aliphatic imine (C=N–C) groups is 1. The van der Waals surface area contributed by atoms with Crippen LogP contribution in [0.3, 0.4) is 0 Å². The van der Waals surface area contributed by atoms with Crippen LogP contribution in [0.4, 0.5) is 5.69 Å². The Kier molecular flexibility index (Phi) is 8.58. The molecule has 0 spiro atoms. The molecular weight excluding hydrogens is 580 g/mol. The molecular formula is C27H22BrClN2O5S. The summed E-state index contributed by atoms with van der Waals surface area (Å²) in [5, 5.41) is 10.2. The first-order valence-corrected chi connectivity index (χ1v) is 13.2. The Balaban J connectivity index is 1.57. The monoisotopic (exact) mass is 600 g/mol. The van der Waals surface area contributed by atoms with Crippen molar-refractivity contribution in [3.63, 3.8) is 0 Å². The number of amides is 1. The number of amidine groups is 1. The third kappa shape index (κ3) is 6.54. The lowest BCUT2D eigenvalue weighted by molar-refractivity contribution is -0.121. The van der Waals surface area contributed by atoms with Crippen LogP contribution in [-0.2, 0) is 11.4 Å². The minimum atomic E-state index is -1.01. The van der Waals surface area contributed by atoms with Gasteiger partial charge in [0, 0.05) is 12.1 Å². The number of hydrogen-bond donors (Lipinski definition) is 1. The number of benzene rings is 3. The summed E-state index contributed by atoms with van der Waals surface area (Å²) in [5.41, 5.74) is 2.44. The van der Waals surface area contributed by atoms with Crippen molar-refractivity contribution in [3.05, 3.63) is 91.8 Å². The minimum Gasteiger partial charge on any atom is -0.490 e. The van der Waals surface area contributed by atoms with Gasteiger partial charge in [0.05, 0.1) is 27.2 Å². The molecule has 4 rings (SSSR count). The average molecular weight is 602 g/mol. The van der Waals surface area contributed by atoms with E-state index in [1.165, 1.54) is 28.8 Å². The first kappa shape index (κ1) is 26.8. The van der Waals surface area contributed by atoms with Gasteiger partial charge in [-0.1, -0.05) is 23.7 Å². The fourth-order valence-electron chi connectivity index (χ4n) is 3.40. The molecule has 1 heterocycles. The number of aromatic carboxylic acids is 1. The van der Waals surface area contributed by atoms with E-state index in [0.29, 0.717) is 50.0 Å². The van der Waals surface area contributed by atoms with Crippen LogP contribution in [-0.4, -0.2) is 40.7 Å².